The zero-order chi connectivity index (χ0) is 17.8. The average Bonchev–Trinajstić information content (AvgIpc) is 2.64. The van der Waals surface area contributed by atoms with Crippen LogP contribution in [0.2, 0.25) is 0 Å². The van der Waals surface area contributed by atoms with Crippen LogP contribution in [0.5, 0.6) is 0 Å². The van der Waals surface area contributed by atoms with Crippen molar-refractivity contribution in [2.75, 3.05) is 33.2 Å². The van der Waals surface area contributed by atoms with Crippen LogP contribution in [0.3, 0.4) is 0 Å². The van der Waals surface area contributed by atoms with Crippen LogP contribution in [0.15, 0.2) is 59.5 Å². The summed E-state index contributed by atoms with van der Waals surface area (Å²) in [6.07, 6.45) is 1.51. The number of hydrogen-bond acceptors (Lipinski definition) is 3. The molecule has 3 rings (SSSR count). The number of piperazine rings is 1. The van der Waals surface area contributed by atoms with Gasteiger partial charge in [0.1, 0.15) is 0 Å². The number of quaternary nitrogens is 1. The zero-order valence-corrected chi connectivity index (χ0v) is 14.2. The van der Waals surface area contributed by atoms with Gasteiger partial charge in [0.05, 0.1) is 33.2 Å². The van der Waals surface area contributed by atoms with Crippen molar-refractivity contribution in [1.29, 1.82) is 0 Å². The Morgan fingerprint density at radius 1 is 1.00 bits per heavy atom. The van der Waals surface area contributed by atoms with Gasteiger partial charge >= 0.3 is 0 Å². The van der Waals surface area contributed by atoms with Gasteiger partial charge < -0.3 is 9.80 Å². The molecular formula is C19H22N3O3+. The third-order valence-electron chi connectivity index (χ3n) is 4.60. The molecule has 1 aromatic carbocycles. The summed E-state index contributed by atoms with van der Waals surface area (Å²) < 4.78 is 1.24. The third kappa shape index (κ3) is 3.69. The molecule has 1 aliphatic rings. The van der Waals surface area contributed by atoms with Crippen LogP contribution in [0, 0.1) is 0 Å². The number of amides is 1. The molecule has 6 nitrogen and oxygen atoms in total. The Morgan fingerprint density at radius 2 is 1.64 bits per heavy atom. The lowest BCUT2D eigenvalue weighted by atomic mass is 10.0. The second-order valence-corrected chi connectivity index (χ2v) is 6.36. The van der Waals surface area contributed by atoms with Gasteiger partial charge in [0.25, 0.3) is 11.5 Å². The van der Waals surface area contributed by atoms with E-state index < -0.39 is 6.04 Å². The first-order valence-corrected chi connectivity index (χ1v) is 8.44. The first-order valence-electron chi connectivity index (χ1n) is 8.44. The number of nitrogens with zero attached hydrogens (tertiary/aromatic N) is 2. The Labute approximate surface area is 146 Å². The van der Waals surface area contributed by atoms with E-state index in [9.17, 15) is 14.4 Å². The Hall–Kier alpha value is -2.73. The second-order valence-electron chi connectivity index (χ2n) is 6.36. The molecule has 6 heteroatoms. The summed E-state index contributed by atoms with van der Waals surface area (Å²) in [6, 6.07) is 12.1. The van der Waals surface area contributed by atoms with E-state index >= 15 is 0 Å². The molecule has 0 aliphatic carbocycles. The number of hydrogen-bond donors (Lipinski definition) is 1. The van der Waals surface area contributed by atoms with E-state index in [0.717, 1.165) is 13.1 Å². The Balaban J connectivity index is 1.98. The molecule has 1 fully saturated rings. The van der Waals surface area contributed by atoms with Crippen LogP contribution in [0.1, 0.15) is 16.4 Å². The molecule has 0 bridgehead atoms. The lowest BCUT2D eigenvalue weighted by molar-refractivity contribution is -0.883. The number of rotatable bonds is 4. The molecule has 1 atom stereocenters. The van der Waals surface area contributed by atoms with Crippen molar-refractivity contribution in [2.24, 2.45) is 0 Å². The lowest BCUT2D eigenvalue weighted by Crippen LogP contribution is -3.12. The van der Waals surface area contributed by atoms with Gasteiger partial charge in [-0.3, -0.25) is 19.0 Å². The van der Waals surface area contributed by atoms with Crippen molar-refractivity contribution < 1.29 is 14.5 Å². The predicted octanol–water partition coefficient (Wildman–Crippen LogP) is -0.371. The van der Waals surface area contributed by atoms with Crippen molar-refractivity contribution in [2.45, 2.75) is 6.04 Å². The maximum atomic E-state index is 13.1. The van der Waals surface area contributed by atoms with Crippen LogP contribution in [0.25, 0.3) is 0 Å². The number of carbonyl (C=O) groups excluding carboxylic acids is 2. The van der Waals surface area contributed by atoms with E-state index in [1.54, 1.807) is 41.3 Å². The lowest BCUT2D eigenvalue weighted by Gasteiger charge is -2.32. The number of carbonyl (C=O) groups is 2. The molecule has 0 saturated carbocycles. The Morgan fingerprint density at radius 3 is 2.28 bits per heavy atom. The minimum atomic E-state index is -1.16. The fourth-order valence-corrected chi connectivity index (χ4v) is 3.05. The first-order chi connectivity index (χ1) is 12.1. The van der Waals surface area contributed by atoms with E-state index in [1.165, 1.54) is 21.7 Å². The summed E-state index contributed by atoms with van der Waals surface area (Å²) in [5, 5.41) is 0. The van der Waals surface area contributed by atoms with Crippen LogP contribution in [-0.4, -0.2) is 54.4 Å². The molecule has 25 heavy (non-hydrogen) atoms. The molecule has 1 aliphatic heterocycles. The largest absolute Gasteiger partial charge is 0.334 e. The molecular weight excluding hydrogens is 318 g/mol. The van der Waals surface area contributed by atoms with Gasteiger partial charge in [0.2, 0.25) is 0 Å². The van der Waals surface area contributed by atoms with Gasteiger partial charge in [-0.15, -0.1) is 0 Å². The van der Waals surface area contributed by atoms with Crippen molar-refractivity contribution in [3.05, 3.63) is 70.6 Å². The normalized spacial score (nSPS) is 16.4. The minimum Gasteiger partial charge on any atom is -0.334 e. The Kier molecular flexibility index (Phi) is 5.09. The average molecular weight is 340 g/mol. The standard InChI is InChI=1S/C19H21N3O3/c1-20-11-13-21(14-12-20)19(25)17(22-10-6-5-9-16(22)23)18(24)15-7-3-2-4-8-15/h2-10,17H,11-14H2,1H3/p+1/t17-/m1/s1. The van der Waals surface area contributed by atoms with E-state index in [2.05, 4.69) is 7.05 Å². The SMILES string of the molecule is C[NH+]1CCN(C(=O)[C@@H](C(=O)c2ccccc2)n2ccccc2=O)CC1. The smallest absolute Gasteiger partial charge is 0.254 e. The molecule has 2 heterocycles. The van der Waals surface area contributed by atoms with Gasteiger partial charge in [-0.1, -0.05) is 36.4 Å². The molecule has 1 saturated heterocycles. The number of pyridine rings is 1. The van der Waals surface area contributed by atoms with Crippen molar-refractivity contribution >= 4 is 11.7 Å². The molecule has 0 unspecified atom stereocenters. The molecule has 0 radical (unpaired) electrons. The molecule has 1 amide bonds. The summed E-state index contributed by atoms with van der Waals surface area (Å²) >= 11 is 0. The number of nitrogens with one attached hydrogen (secondary N) is 1. The number of ketones is 1. The van der Waals surface area contributed by atoms with Gasteiger partial charge in [0.15, 0.2) is 11.8 Å². The quantitative estimate of drug-likeness (QED) is 0.610. The van der Waals surface area contributed by atoms with Gasteiger partial charge in [-0.05, 0) is 6.07 Å². The van der Waals surface area contributed by atoms with Crippen LogP contribution in [-0.2, 0) is 4.79 Å². The van der Waals surface area contributed by atoms with E-state index in [-0.39, 0.29) is 17.2 Å². The first kappa shape index (κ1) is 17.1. The molecule has 0 spiro atoms. The highest BCUT2D eigenvalue weighted by molar-refractivity contribution is 6.11. The predicted molar refractivity (Wildman–Crippen MR) is 93.7 cm³/mol. The maximum absolute atomic E-state index is 13.1. The van der Waals surface area contributed by atoms with E-state index in [1.807, 2.05) is 6.07 Å². The van der Waals surface area contributed by atoms with Gasteiger partial charge in [-0.25, -0.2) is 0 Å². The number of Topliss-reactive ketones (excluding diaryl/α,β-unsaturated/α-hetero) is 1. The van der Waals surface area contributed by atoms with Gasteiger partial charge in [-0.2, -0.15) is 0 Å². The Bertz CT molecular complexity index is 808. The second kappa shape index (κ2) is 7.44. The van der Waals surface area contributed by atoms with Crippen molar-refractivity contribution in [1.82, 2.24) is 9.47 Å². The van der Waals surface area contributed by atoms with Gasteiger partial charge in [0, 0.05) is 17.8 Å². The summed E-state index contributed by atoms with van der Waals surface area (Å²) in [7, 11) is 2.08. The maximum Gasteiger partial charge on any atom is 0.254 e. The highest BCUT2D eigenvalue weighted by Crippen LogP contribution is 2.16. The summed E-state index contributed by atoms with van der Waals surface area (Å²) in [4.78, 5) is 41.5. The van der Waals surface area contributed by atoms with E-state index in [4.69, 9.17) is 0 Å². The zero-order valence-electron chi connectivity index (χ0n) is 14.2. The van der Waals surface area contributed by atoms with E-state index in [0.29, 0.717) is 18.7 Å². The monoisotopic (exact) mass is 340 g/mol. The summed E-state index contributed by atoms with van der Waals surface area (Å²) in [5.74, 6) is -0.667. The highest BCUT2D eigenvalue weighted by Gasteiger charge is 2.35. The molecule has 1 N–H and O–H groups in total. The molecule has 2 aromatic rings. The summed E-state index contributed by atoms with van der Waals surface area (Å²) in [6.45, 7) is 2.85. The van der Waals surface area contributed by atoms with Crippen LogP contribution >= 0.6 is 0 Å². The number of likely N-dealkylation sites (N-methyl/N-ethyl adjacent to an activating group) is 1. The number of aromatic nitrogens is 1. The number of benzene rings is 1. The van der Waals surface area contributed by atoms with Crippen molar-refractivity contribution in [3.63, 3.8) is 0 Å². The topological polar surface area (TPSA) is 63.8 Å². The van der Waals surface area contributed by atoms with Crippen LogP contribution in [0.4, 0.5) is 0 Å². The summed E-state index contributed by atoms with van der Waals surface area (Å²) in [5.41, 5.74) is 0.0706. The molecule has 1 aromatic heterocycles. The van der Waals surface area contributed by atoms with Crippen molar-refractivity contribution in [3.8, 4) is 0 Å². The third-order valence-corrected chi connectivity index (χ3v) is 4.60. The minimum absolute atomic E-state index is 0.311. The molecule has 130 valence electrons. The fraction of sp³-hybridized carbons (Fsp3) is 0.316. The fourth-order valence-electron chi connectivity index (χ4n) is 3.05. The highest BCUT2D eigenvalue weighted by atomic mass is 16.2. The van der Waals surface area contributed by atoms with Crippen LogP contribution < -0.4 is 10.5 Å².